The maximum Gasteiger partial charge on any atom is 0.225 e. The Morgan fingerprint density at radius 3 is 2.19 bits per heavy atom. The minimum absolute atomic E-state index is 0.000318. The Labute approximate surface area is 106 Å². The van der Waals surface area contributed by atoms with Crippen molar-refractivity contribution in [2.45, 2.75) is 20.4 Å². The molecule has 0 aliphatic carbocycles. The van der Waals surface area contributed by atoms with Crippen LogP contribution in [0.3, 0.4) is 0 Å². The van der Waals surface area contributed by atoms with E-state index in [-0.39, 0.29) is 11.8 Å². The number of rotatable bonds is 3. The number of nitrogens with zero attached hydrogens (tertiary/aromatic N) is 1. The van der Waals surface area contributed by atoms with Crippen LogP contribution in [-0.2, 0) is 11.3 Å². The van der Waals surface area contributed by atoms with E-state index in [1.54, 1.807) is 18.0 Å². The molecule has 0 spiro atoms. The largest absolute Gasteiger partial charge is 0.341 e. The molecule has 0 fully saturated rings. The molecular formula is C12H15Cl2NO. The van der Waals surface area contributed by atoms with Gasteiger partial charge in [0, 0.05) is 29.6 Å². The predicted molar refractivity (Wildman–Crippen MR) is 67.8 cm³/mol. The molecule has 0 atom stereocenters. The van der Waals surface area contributed by atoms with Crippen LogP contribution >= 0.6 is 23.2 Å². The lowest BCUT2D eigenvalue weighted by molar-refractivity contribution is -0.133. The number of amides is 1. The summed E-state index contributed by atoms with van der Waals surface area (Å²) in [7, 11) is 1.77. The minimum Gasteiger partial charge on any atom is -0.341 e. The molecule has 1 amide bonds. The van der Waals surface area contributed by atoms with Crippen LogP contribution in [0.25, 0.3) is 0 Å². The Bertz CT molecular complexity index is 370. The first-order valence-corrected chi connectivity index (χ1v) is 5.85. The maximum absolute atomic E-state index is 11.7. The van der Waals surface area contributed by atoms with Gasteiger partial charge in [-0.15, -0.1) is 0 Å². The number of carbonyl (C=O) groups excluding carboxylic acids is 1. The summed E-state index contributed by atoms with van der Waals surface area (Å²) >= 11 is 11.8. The second kappa shape index (κ2) is 5.55. The predicted octanol–water partition coefficient (Wildman–Crippen LogP) is 3.61. The lowest BCUT2D eigenvalue weighted by atomic mass is 10.1. The molecule has 0 unspecified atom stereocenters. The van der Waals surface area contributed by atoms with E-state index >= 15 is 0 Å². The average Bonchev–Trinajstić information content (AvgIpc) is 2.14. The van der Waals surface area contributed by atoms with E-state index in [2.05, 4.69) is 0 Å². The maximum atomic E-state index is 11.7. The second-order valence-electron chi connectivity index (χ2n) is 4.13. The van der Waals surface area contributed by atoms with Gasteiger partial charge in [-0.05, 0) is 23.8 Å². The number of halogens is 2. The summed E-state index contributed by atoms with van der Waals surface area (Å²) < 4.78 is 0. The third-order valence-electron chi connectivity index (χ3n) is 2.21. The van der Waals surface area contributed by atoms with Crippen molar-refractivity contribution in [2.24, 2.45) is 5.92 Å². The molecular weight excluding hydrogens is 245 g/mol. The van der Waals surface area contributed by atoms with Crippen LogP contribution < -0.4 is 0 Å². The first kappa shape index (κ1) is 13.3. The Hall–Kier alpha value is -0.730. The monoisotopic (exact) mass is 259 g/mol. The Balaban J connectivity index is 2.76. The van der Waals surface area contributed by atoms with Crippen LogP contribution in [0.2, 0.25) is 10.0 Å². The van der Waals surface area contributed by atoms with Gasteiger partial charge in [-0.25, -0.2) is 0 Å². The molecule has 0 saturated heterocycles. The van der Waals surface area contributed by atoms with Crippen molar-refractivity contribution in [3.05, 3.63) is 33.8 Å². The standard InChI is InChI=1S/C12H15Cl2NO/c1-8(2)12(16)15(3)7-9-4-10(13)6-11(14)5-9/h4-6,8H,7H2,1-3H3. The summed E-state index contributed by atoms with van der Waals surface area (Å²) in [6.07, 6.45) is 0. The summed E-state index contributed by atoms with van der Waals surface area (Å²) in [5.74, 6) is 0.107. The van der Waals surface area contributed by atoms with Gasteiger partial charge >= 0.3 is 0 Å². The van der Waals surface area contributed by atoms with Gasteiger partial charge in [0.25, 0.3) is 0 Å². The fourth-order valence-electron chi connectivity index (χ4n) is 1.49. The fourth-order valence-corrected chi connectivity index (χ4v) is 2.07. The van der Waals surface area contributed by atoms with Crippen molar-refractivity contribution >= 4 is 29.1 Å². The lowest BCUT2D eigenvalue weighted by Gasteiger charge is -2.19. The molecule has 2 nitrogen and oxygen atoms in total. The van der Waals surface area contributed by atoms with E-state index in [1.807, 2.05) is 26.0 Å². The van der Waals surface area contributed by atoms with Crippen molar-refractivity contribution in [2.75, 3.05) is 7.05 Å². The van der Waals surface area contributed by atoms with Crippen molar-refractivity contribution in [1.82, 2.24) is 4.90 Å². The molecule has 16 heavy (non-hydrogen) atoms. The van der Waals surface area contributed by atoms with Gasteiger partial charge in [-0.2, -0.15) is 0 Å². The van der Waals surface area contributed by atoms with E-state index in [0.717, 1.165) is 5.56 Å². The van der Waals surface area contributed by atoms with Crippen LogP contribution in [0.1, 0.15) is 19.4 Å². The summed E-state index contributed by atoms with van der Waals surface area (Å²) in [5.41, 5.74) is 0.939. The van der Waals surface area contributed by atoms with Crippen molar-refractivity contribution in [3.63, 3.8) is 0 Å². The van der Waals surface area contributed by atoms with E-state index in [1.165, 1.54) is 0 Å². The normalized spacial score (nSPS) is 10.6. The fraction of sp³-hybridized carbons (Fsp3) is 0.417. The van der Waals surface area contributed by atoms with Gasteiger partial charge in [0.05, 0.1) is 0 Å². The van der Waals surface area contributed by atoms with Crippen LogP contribution in [0.5, 0.6) is 0 Å². The molecule has 0 aliphatic heterocycles. The third-order valence-corrected chi connectivity index (χ3v) is 2.65. The van der Waals surface area contributed by atoms with Gasteiger partial charge in [0.1, 0.15) is 0 Å². The molecule has 0 aromatic heterocycles. The highest BCUT2D eigenvalue weighted by Gasteiger charge is 2.13. The summed E-state index contributed by atoms with van der Waals surface area (Å²) in [6, 6.07) is 5.31. The highest BCUT2D eigenvalue weighted by atomic mass is 35.5. The minimum atomic E-state index is -0.000318. The molecule has 1 rings (SSSR count). The van der Waals surface area contributed by atoms with Crippen molar-refractivity contribution in [1.29, 1.82) is 0 Å². The zero-order valence-corrected chi connectivity index (χ0v) is 11.1. The zero-order chi connectivity index (χ0) is 12.3. The van der Waals surface area contributed by atoms with Gasteiger partial charge in [-0.3, -0.25) is 4.79 Å². The van der Waals surface area contributed by atoms with E-state index in [0.29, 0.717) is 16.6 Å². The Morgan fingerprint density at radius 1 is 1.25 bits per heavy atom. The molecule has 0 radical (unpaired) electrons. The first-order valence-electron chi connectivity index (χ1n) is 5.10. The van der Waals surface area contributed by atoms with Gasteiger partial charge in [0.2, 0.25) is 5.91 Å². The number of hydrogen-bond donors (Lipinski definition) is 0. The molecule has 1 aromatic rings. The van der Waals surface area contributed by atoms with E-state index in [9.17, 15) is 4.79 Å². The van der Waals surface area contributed by atoms with Crippen molar-refractivity contribution < 1.29 is 4.79 Å². The van der Waals surface area contributed by atoms with Crippen LogP contribution in [0.4, 0.5) is 0 Å². The van der Waals surface area contributed by atoms with Crippen LogP contribution in [-0.4, -0.2) is 17.9 Å². The SMILES string of the molecule is CC(C)C(=O)N(C)Cc1cc(Cl)cc(Cl)c1. The first-order chi connectivity index (χ1) is 7.40. The number of hydrogen-bond acceptors (Lipinski definition) is 1. The third kappa shape index (κ3) is 3.69. The van der Waals surface area contributed by atoms with Crippen LogP contribution in [0, 0.1) is 5.92 Å². The molecule has 0 aliphatic rings. The van der Waals surface area contributed by atoms with Gasteiger partial charge < -0.3 is 4.90 Å². The summed E-state index contributed by atoms with van der Waals surface area (Å²) in [5, 5.41) is 1.18. The smallest absolute Gasteiger partial charge is 0.225 e. The molecule has 0 bridgehead atoms. The summed E-state index contributed by atoms with van der Waals surface area (Å²) in [4.78, 5) is 13.4. The highest BCUT2D eigenvalue weighted by Crippen LogP contribution is 2.20. The second-order valence-corrected chi connectivity index (χ2v) is 5.00. The van der Waals surface area contributed by atoms with E-state index < -0.39 is 0 Å². The zero-order valence-electron chi connectivity index (χ0n) is 9.63. The summed E-state index contributed by atoms with van der Waals surface area (Å²) in [6.45, 7) is 4.28. The van der Waals surface area contributed by atoms with Crippen LogP contribution in [0.15, 0.2) is 18.2 Å². The highest BCUT2D eigenvalue weighted by molar-refractivity contribution is 6.34. The molecule has 0 heterocycles. The number of carbonyl (C=O) groups is 1. The van der Waals surface area contributed by atoms with Crippen molar-refractivity contribution in [3.8, 4) is 0 Å². The average molecular weight is 260 g/mol. The van der Waals surface area contributed by atoms with E-state index in [4.69, 9.17) is 23.2 Å². The lowest BCUT2D eigenvalue weighted by Crippen LogP contribution is -2.29. The molecule has 0 saturated carbocycles. The molecule has 88 valence electrons. The Morgan fingerprint density at radius 2 is 1.75 bits per heavy atom. The van der Waals surface area contributed by atoms with Gasteiger partial charge in [0.15, 0.2) is 0 Å². The number of benzene rings is 1. The van der Waals surface area contributed by atoms with Gasteiger partial charge in [-0.1, -0.05) is 37.0 Å². The molecule has 1 aromatic carbocycles. The Kier molecular flexibility index (Phi) is 4.63. The molecule has 0 N–H and O–H groups in total. The quantitative estimate of drug-likeness (QED) is 0.813. The molecule has 4 heteroatoms. The topological polar surface area (TPSA) is 20.3 Å².